The maximum Gasteiger partial charge on any atom is 0.270 e. The van der Waals surface area contributed by atoms with Gasteiger partial charge in [0, 0.05) is 24.4 Å². The minimum atomic E-state index is -3.66. The number of hydrogen-bond acceptors (Lipinski definition) is 5. The van der Waals surface area contributed by atoms with E-state index in [1.807, 2.05) is 0 Å². The van der Waals surface area contributed by atoms with Gasteiger partial charge in [0.15, 0.2) is 9.84 Å². The molecule has 128 valence electrons. The Bertz CT molecular complexity index is 868. The highest BCUT2D eigenvalue weighted by Gasteiger charge is 2.19. The van der Waals surface area contributed by atoms with Crippen LogP contribution in [0.15, 0.2) is 47.4 Å². The van der Waals surface area contributed by atoms with Gasteiger partial charge in [-0.15, -0.1) is 0 Å². The zero-order valence-electron chi connectivity index (χ0n) is 13.2. The van der Waals surface area contributed by atoms with Gasteiger partial charge in [-0.3, -0.25) is 10.1 Å². The number of nitrogens with one attached hydrogen (secondary N) is 1. The molecule has 0 spiro atoms. The highest BCUT2D eigenvalue weighted by molar-refractivity contribution is 7.90. The van der Waals surface area contributed by atoms with Crippen molar-refractivity contribution in [1.82, 2.24) is 0 Å². The number of halogens is 1. The molecule has 1 atom stereocenters. The molecular weight excluding hydrogens is 335 g/mol. The van der Waals surface area contributed by atoms with E-state index in [2.05, 4.69) is 5.32 Å². The second-order valence-corrected chi connectivity index (χ2v) is 7.53. The SMILES string of the molecule is CC(Cc1ccccc1F)Nc1ccc([N+](=O)[O-])cc1S(C)(=O)=O. The Kier molecular flexibility index (Phi) is 5.18. The Morgan fingerprint density at radius 2 is 1.92 bits per heavy atom. The molecule has 2 aromatic carbocycles. The second kappa shape index (κ2) is 6.96. The lowest BCUT2D eigenvalue weighted by Crippen LogP contribution is -2.20. The lowest BCUT2D eigenvalue weighted by atomic mass is 10.1. The number of sulfone groups is 1. The van der Waals surface area contributed by atoms with Crippen molar-refractivity contribution in [3.8, 4) is 0 Å². The molecule has 0 saturated heterocycles. The van der Waals surface area contributed by atoms with Crippen LogP contribution in [0.25, 0.3) is 0 Å². The first kappa shape index (κ1) is 17.9. The van der Waals surface area contributed by atoms with E-state index in [0.29, 0.717) is 12.0 Å². The van der Waals surface area contributed by atoms with E-state index in [1.165, 1.54) is 18.2 Å². The van der Waals surface area contributed by atoms with Gasteiger partial charge in [0.2, 0.25) is 0 Å². The molecule has 24 heavy (non-hydrogen) atoms. The van der Waals surface area contributed by atoms with Crippen molar-refractivity contribution >= 4 is 21.2 Å². The standard InChI is InChI=1S/C16H17FN2O4S/c1-11(9-12-5-3-4-6-14(12)17)18-15-8-7-13(19(20)21)10-16(15)24(2,22)23/h3-8,10-11,18H,9H2,1-2H3. The quantitative estimate of drug-likeness (QED) is 0.637. The van der Waals surface area contributed by atoms with Crippen molar-refractivity contribution in [1.29, 1.82) is 0 Å². The molecule has 0 amide bonds. The fourth-order valence-electron chi connectivity index (χ4n) is 2.36. The molecule has 2 rings (SSSR count). The Morgan fingerprint density at radius 1 is 1.25 bits per heavy atom. The highest BCUT2D eigenvalue weighted by atomic mass is 32.2. The van der Waals surface area contributed by atoms with E-state index in [9.17, 15) is 22.9 Å². The van der Waals surface area contributed by atoms with Crippen molar-refractivity contribution in [2.24, 2.45) is 0 Å². The van der Waals surface area contributed by atoms with E-state index in [4.69, 9.17) is 0 Å². The van der Waals surface area contributed by atoms with Crippen LogP contribution in [0, 0.1) is 15.9 Å². The van der Waals surface area contributed by atoms with Crippen LogP contribution in [-0.4, -0.2) is 25.6 Å². The second-order valence-electron chi connectivity index (χ2n) is 5.55. The summed E-state index contributed by atoms with van der Waals surface area (Å²) >= 11 is 0. The van der Waals surface area contributed by atoms with Crippen molar-refractivity contribution in [2.75, 3.05) is 11.6 Å². The van der Waals surface area contributed by atoms with Crippen molar-refractivity contribution < 1.29 is 17.7 Å². The van der Waals surface area contributed by atoms with E-state index in [1.54, 1.807) is 25.1 Å². The lowest BCUT2D eigenvalue weighted by Gasteiger charge is -2.18. The molecule has 0 heterocycles. The average molecular weight is 352 g/mol. The van der Waals surface area contributed by atoms with Crippen LogP contribution >= 0.6 is 0 Å². The van der Waals surface area contributed by atoms with E-state index < -0.39 is 14.8 Å². The minimum absolute atomic E-state index is 0.155. The summed E-state index contributed by atoms with van der Waals surface area (Å²) in [5.74, 6) is -0.335. The molecule has 0 aliphatic heterocycles. The fraction of sp³-hybridized carbons (Fsp3) is 0.250. The van der Waals surface area contributed by atoms with Gasteiger partial charge < -0.3 is 5.32 Å². The van der Waals surface area contributed by atoms with E-state index >= 15 is 0 Å². The molecule has 0 saturated carbocycles. The molecule has 0 fully saturated rings. The Hall–Kier alpha value is -2.48. The number of nitrogens with zero attached hydrogens (tertiary/aromatic N) is 1. The molecule has 0 bridgehead atoms. The van der Waals surface area contributed by atoms with Gasteiger partial charge in [0.1, 0.15) is 5.82 Å². The van der Waals surface area contributed by atoms with E-state index in [-0.39, 0.29) is 28.1 Å². The summed E-state index contributed by atoms with van der Waals surface area (Å²) in [6, 6.07) is 9.65. The van der Waals surface area contributed by atoms with Gasteiger partial charge in [-0.25, -0.2) is 12.8 Å². The van der Waals surface area contributed by atoms with Gasteiger partial charge >= 0.3 is 0 Å². The highest BCUT2D eigenvalue weighted by Crippen LogP contribution is 2.27. The molecule has 0 radical (unpaired) electrons. The maximum atomic E-state index is 13.7. The number of hydrogen-bond donors (Lipinski definition) is 1. The number of benzene rings is 2. The predicted molar refractivity (Wildman–Crippen MR) is 89.4 cm³/mol. The molecule has 0 aromatic heterocycles. The largest absolute Gasteiger partial charge is 0.381 e. The fourth-order valence-corrected chi connectivity index (χ4v) is 3.22. The van der Waals surface area contributed by atoms with Gasteiger partial charge in [0.25, 0.3) is 5.69 Å². The minimum Gasteiger partial charge on any atom is -0.381 e. The first-order valence-electron chi connectivity index (χ1n) is 7.17. The summed E-state index contributed by atoms with van der Waals surface area (Å²) in [6.45, 7) is 1.78. The smallest absolute Gasteiger partial charge is 0.270 e. The molecule has 1 N–H and O–H groups in total. The van der Waals surface area contributed by atoms with Crippen LogP contribution < -0.4 is 5.32 Å². The third-order valence-corrected chi connectivity index (χ3v) is 4.60. The van der Waals surface area contributed by atoms with E-state index in [0.717, 1.165) is 12.3 Å². The third-order valence-electron chi connectivity index (χ3n) is 3.46. The number of rotatable bonds is 6. The van der Waals surface area contributed by atoms with Crippen molar-refractivity contribution in [3.05, 3.63) is 64.0 Å². The first-order valence-corrected chi connectivity index (χ1v) is 9.06. The first-order chi connectivity index (χ1) is 11.2. The van der Waals surface area contributed by atoms with Crippen molar-refractivity contribution in [3.63, 3.8) is 0 Å². The van der Waals surface area contributed by atoms with Gasteiger partial charge in [0.05, 0.1) is 15.5 Å². The summed E-state index contributed by atoms with van der Waals surface area (Å²) < 4.78 is 37.5. The zero-order valence-corrected chi connectivity index (χ0v) is 14.0. The Balaban J connectivity index is 2.29. The zero-order chi connectivity index (χ0) is 17.9. The molecular formula is C16H17FN2O4S. The molecule has 2 aromatic rings. The number of nitro benzene ring substituents is 1. The normalized spacial score (nSPS) is 12.6. The number of non-ortho nitro benzene ring substituents is 1. The summed E-state index contributed by atoms with van der Waals surface area (Å²) in [4.78, 5) is 10.0. The van der Waals surface area contributed by atoms with Crippen LogP contribution in [0.2, 0.25) is 0 Å². The van der Waals surface area contributed by atoms with Crippen LogP contribution in [0.4, 0.5) is 15.8 Å². The summed E-state index contributed by atoms with van der Waals surface area (Å²) in [6.07, 6.45) is 1.33. The summed E-state index contributed by atoms with van der Waals surface area (Å²) in [5.41, 5.74) is 0.454. The molecule has 8 heteroatoms. The average Bonchev–Trinajstić information content (AvgIpc) is 2.48. The molecule has 1 unspecified atom stereocenters. The summed E-state index contributed by atoms with van der Waals surface area (Å²) in [5, 5.41) is 13.8. The maximum absolute atomic E-state index is 13.7. The molecule has 0 aliphatic rings. The number of nitro groups is 1. The number of anilines is 1. The Morgan fingerprint density at radius 3 is 2.50 bits per heavy atom. The monoisotopic (exact) mass is 352 g/mol. The van der Waals surface area contributed by atoms with Gasteiger partial charge in [-0.1, -0.05) is 18.2 Å². The predicted octanol–water partition coefficient (Wildman–Crippen LogP) is 3.18. The van der Waals surface area contributed by atoms with Crippen molar-refractivity contribution in [2.45, 2.75) is 24.3 Å². The van der Waals surface area contributed by atoms with Gasteiger partial charge in [-0.05, 0) is 31.0 Å². The third kappa shape index (κ3) is 4.29. The summed E-state index contributed by atoms with van der Waals surface area (Å²) in [7, 11) is -3.66. The Labute approximate surface area is 139 Å². The molecule has 6 nitrogen and oxygen atoms in total. The van der Waals surface area contributed by atoms with Crippen LogP contribution in [0.5, 0.6) is 0 Å². The van der Waals surface area contributed by atoms with Gasteiger partial charge in [-0.2, -0.15) is 0 Å². The van der Waals surface area contributed by atoms with Crippen LogP contribution in [-0.2, 0) is 16.3 Å². The topological polar surface area (TPSA) is 89.3 Å². The lowest BCUT2D eigenvalue weighted by molar-refractivity contribution is -0.385. The van der Waals surface area contributed by atoms with Crippen LogP contribution in [0.1, 0.15) is 12.5 Å². The van der Waals surface area contributed by atoms with Crippen LogP contribution in [0.3, 0.4) is 0 Å². The molecule has 0 aliphatic carbocycles.